The SMILES string of the molecule is Cc1nn(CCC(=O)N[C@H](C)CN(C(C)C)C(C)C)c(C)c1[N+](=O)[O-]. The van der Waals surface area contributed by atoms with Crippen molar-refractivity contribution in [2.24, 2.45) is 0 Å². The van der Waals surface area contributed by atoms with Crippen LogP contribution in [0.1, 0.15) is 52.4 Å². The van der Waals surface area contributed by atoms with Gasteiger partial charge in [-0.25, -0.2) is 0 Å². The van der Waals surface area contributed by atoms with Crippen LogP contribution in [0, 0.1) is 24.0 Å². The van der Waals surface area contributed by atoms with E-state index in [2.05, 4.69) is 43.0 Å². The average molecular weight is 353 g/mol. The van der Waals surface area contributed by atoms with E-state index in [1.807, 2.05) is 6.92 Å². The van der Waals surface area contributed by atoms with Crippen molar-refractivity contribution in [2.45, 2.75) is 79.6 Å². The van der Waals surface area contributed by atoms with Crippen molar-refractivity contribution in [3.8, 4) is 0 Å². The molecule has 0 spiro atoms. The molecule has 0 saturated heterocycles. The predicted molar refractivity (Wildman–Crippen MR) is 97.6 cm³/mol. The van der Waals surface area contributed by atoms with E-state index >= 15 is 0 Å². The van der Waals surface area contributed by atoms with Gasteiger partial charge in [0.25, 0.3) is 0 Å². The van der Waals surface area contributed by atoms with Crippen LogP contribution in [0.2, 0.25) is 0 Å². The van der Waals surface area contributed by atoms with Gasteiger partial charge in [-0.3, -0.25) is 24.5 Å². The number of rotatable bonds is 9. The van der Waals surface area contributed by atoms with Crippen molar-refractivity contribution >= 4 is 11.6 Å². The zero-order valence-corrected chi connectivity index (χ0v) is 16.4. The summed E-state index contributed by atoms with van der Waals surface area (Å²) in [5, 5.41) is 18.2. The van der Waals surface area contributed by atoms with Gasteiger partial charge in [0, 0.05) is 31.1 Å². The first-order valence-electron chi connectivity index (χ1n) is 8.78. The largest absolute Gasteiger partial charge is 0.352 e. The minimum absolute atomic E-state index is 0.0262. The Morgan fingerprint density at radius 2 is 1.80 bits per heavy atom. The molecule has 0 unspecified atom stereocenters. The van der Waals surface area contributed by atoms with Crippen molar-refractivity contribution in [3.05, 3.63) is 21.5 Å². The third-order valence-electron chi connectivity index (χ3n) is 4.30. The van der Waals surface area contributed by atoms with Gasteiger partial charge in [-0.2, -0.15) is 5.10 Å². The maximum absolute atomic E-state index is 12.2. The highest BCUT2D eigenvalue weighted by atomic mass is 16.6. The lowest BCUT2D eigenvalue weighted by molar-refractivity contribution is -0.386. The molecule has 1 heterocycles. The van der Waals surface area contributed by atoms with Crippen LogP contribution in [0.3, 0.4) is 0 Å². The molecule has 8 nitrogen and oxygen atoms in total. The van der Waals surface area contributed by atoms with Gasteiger partial charge in [0.2, 0.25) is 5.91 Å². The van der Waals surface area contributed by atoms with Crippen LogP contribution in [0.25, 0.3) is 0 Å². The van der Waals surface area contributed by atoms with Crippen LogP contribution in [0.5, 0.6) is 0 Å². The third-order valence-corrected chi connectivity index (χ3v) is 4.30. The Labute approximate surface area is 149 Å². The van der Waals surface area contributed by atoms with Crippen LogP contribution in [-0.2, 0) is 11.3 Å². The van der Waals surface area contributed by atoms with E-state index < -0.39 is 4.92 Å². The summed E-state index contributed by atoms with van der Waals surface area (Å²) in [6.45, 7) is 14.9. The smallest absolute Gasteiger partial charge is 0.312 e. The van der Waals surface area contributed by atoms with Gasteiger partial charge in [0.15, 0.2) is 0 Å². The van der Waals surface area contributed by atoms with E-state index in [4.69, 9.17) is 0 Å². The molecule has 1 N–H and O–H groups in total. The number of hydrogen-bond donors (Lipinski definition) is 1. The third kappa shape index (κ3) is 5.81. The fraction of sp³-hybridized carbons (Fsp3) is 0.765. The van der Waals surface area contributed by atoms with Gasteiger partial charge in [0.05, 0.1) is 11.5 Å². The van der Waals surface area contributed by atoms with E-state index in [0.717, 1.165) is 6.54 Å². The fourth-order valence-corrected chi connectivity index (χ4v) is 3.10. The Bertz CT molecular complexity index is 602. The Hall–Kier alpha value is -1.96. The second-order valence-corrected chi connectivity index (χ2v) is 7.10. The average Bonchev–Trinajstić information content (AvgIpc) is 2.76. The fourth-order valence-electron chi connectivity index (χ4n) is 3.10. The van der Waals surface area contributed by atoms with Gasteiger partial charge in [-0.1, -0.05) is 0 Å². The molecule has 8 heteroatoms. The number of aryl methyl sites for hydroxylation is 2. The highest BCUT2D eigenvalue weighted by Gasteiger charge is 2.22. The Balaban J connectivity index is 2.58. The van der Waals surface area contributed by atoms with Crippen molar-refractivity contribution in [1.82, 2.24) is 20.0 Å². The number of hydrogen-bond acceptors (Lipinski definition) is 5. The molecule has 0 fully saturated rings. The van der Waals surface area contributed by atoms with Crippen molar-refractivity contribution < 1.29 is 9.72 Å². The first kappa shape index (κ1) is 21.1. The monoisotopic (exact) mass is 353 g/mol. The molecule has 1 aromatic heterocycles. The number of carbonyl (C=O) groups excluding carboxylic acids is 1. The molecule has 0 aliphatic heterocycles. The van der Waals surface area contributed by atoms with Crippen molar-refractivity contribution in [1.29, 1.82) is 0 Å². The molecule has 0 aliphatic rings. The Morgan fingerprint density at radius 1 is 1.24 bits per heavy atom. The summed E-state index contributed by atoms with van der Waals surface area (Å²) >= 11 is 0. The molecular formula is C17H31N5O3. The van der Waals surface area contributed by atoms with Gasteiger partial charge < -0.3 is 5.32 Å². The molecule has 1 aromatic rings. The second-order valence-electron chi connectivity index (χ2n) is 7.10. The molecule has 0 radical (unpaired) electrons. The van der Waals surface area contributed by atoms with E-state index in [9.17, 15) is 14.9 Å². The molecule has 1 atom stereocenters. The minimum Gasteiger partial charge on any atom is -0.352 e. The topological polar surface area (TPSA) is 93.3 Å². The van der Waals surface area contributed by atoms with Crippen LogP contribution >= 0.6 is 0 Å². The molecule has 142 valence electrons. The van der Waals surface area contributed by atoms with Crippen molar-refractivity contribution in [3.63, 3.8) is 0 Å². The molecule has 0 aromatic carbocycles. The molecular weight excluding hydrogens is 322 g/mol. The van der Waals surface area contributed by atoms with Crippen LogP contribution in [0.4, 0.5) is 5.69 Å². The Kier molecular flexibility index (Phi) is 7.54. The molecule has 0 aliphatic carbocycles. The number of nitrogens with one attached hydrogen (secondary N) is 1. The number of amides is 1. The number of nitro groups is 1. The summed E-state index contributed by atoms with van der Waals surface area (Å²) in [5.74, 6) is -0.0739. The highest BCUT2D eigenvalue weighted by Crippen LogP contribution is 2.21. The standard InChI is InChI=1S/C17H31N5O3/c1-11(2)20(12(3)4)10-13(5)18-16(23)8-9-21-15(7)17(22(24)25)14(6)19-21/h11-13H,8-10H2,1-7H3,(H,18,23)/t13-/m1/s1. The molecule has 0 bridgehead atoms. The summed E-state index contributed by atoms with van der Waals surface area (Å²) in [6.07, 6.45) is 0.243. The molecule has 25 heavy (non-hydrogen) atoms. The maximum Gasteiger partial charge on any atom is 0.312 e. The van der Waals surface area contributed by atoms with E-state index in [1.54, 1.807) is 13.8 Å². The minimum atomic E-state index is -0.428. The van der Waals surface area contributed by atoms with Crippen LogP contribution < -0.4 is 5.32 Å². The van der Waals surface area contributed by atoms with Crippen LogP contribution in [0.15, 0.2) is 0 Å². The Morgan fingerprint density at radius 3 is 2.24 bits per heavy atom. The predicted octanol–water partition coefficient (Wildman–Crippen LogP) is 2.42. The van der Waals surface area contributed by atoms with Gasteiger partial charge in [0.1, 0.15) is 11.4 Å². The normalized spacial score (nSPS) is 12.9. The van der Waals surface area contributed by atoms with E-state index in [-0.39, 0.29) is 24.1 Å². The lowest BCUT2D eigenvalue weighted by atomic mass is 10.2. The number of aromatic nitrogens is 2. The molecule has 0 saturated carbocycles. The number of nitrogens with zero attached hydrogens (tertiary/aromatic N) is 4. The molecule has 1 rings (SSSR count). The summed E-state index contributed by atoms with van der Waals surface area (Å²) in [5.41, 5.74) is 0.883. The zero-order chi connectivity index (χ0) is 19.3. The summed E-state index contributed by atoms with van der Waals surface area (Å²) in [6, 6.07) is 0.858. The highest BCUT2D eigenvalue weighted by molar-refractivity contribution is 5.76. The summed E-state index contributed by atoms with van der Waals surface area (Å²) in [4.78, 5) is 25.1. The van der Waals surface area contributed by atoms with Crippen LogP contribution in [-0.4, -0.2) is 50.2 Å². The quantitative estimate of drug-likeness (QED) is 0.543. The van der Waals surface area contributed by atoms with Crippen molar-refractivity contribution in [2.75, 3.05) is 6.54 Å². The molecule has 1 amide bonds. The maximum atomic E-state index is 12.2. The van der Waals surface area contributed by atoms with Gasteiger partial charge >= 0.3 is 5.69 Å². The first-order valence-corrected chi connectivity index (χ1v) is 8.78. The van der Waals surface area contributed by atoms with Gasteiger partial charge in [-0.05, 0) is 48.5 Å². The number of carbonyl (C=O) groups is 1. The zero-order valence-electron chi connectivity index (χ0n) is 16.4. The van der Waals surface area contributed by atoms with E-state index in [1.165, 1.54) is 4.68 Å². The second kappa shape index (κ2) is 8.94. The lowest BCUT2D eigenvalue weighted by Crippen LogP contribution is -2.47. The van der Waals surface area contributed by atoms with E-state index in [0.29, 0.717) is 30.0 Å². The summed E-state index contributed by atoms with van der Waals surface area (Å²) < 4.78 is 1.53. The van der Waals surface area contributed by atoms with Gasteiger partial charge in [-0.15, -0.1) is 0 Å². The first-order chi connectivity index (χ1) is 11.5. The summed E-state index contributed by atoms with van der Waals surface area (Å²) in [7, 11) is 0. The lowest BCUT2D eigenvalue weighted by Gasteiger charge is -2.33.